The van der Waals surface area contributed by atoms with E-state index in [-0.39, 0.29) is 5.78 Å². The van der Waals surface area contributed by atoms with Crippen molar-refractivity contribution in [3.05, 3.63) is 33.3 Å². The van der Waals surface area contributed by atoms with E-state index in [1.807, 2.05) is 12.1 Å². The van der Waals surface area contributed by atoms with E-state index in [0.29, 0.717) is 22.9 Å². The minimum atomic E-state index is 0.207. The zero-order chi connectivity index (χ0) is 12.7. The molecule has 2 aliphatic rings. The minimum Gasteiger partial charge on any atom is -0.294 e. The van der Waals surface area contributed by atoms with E-state index in [0.717, 1.165) is 16.3 Å². The fraction of sp³-hybridized carbons (Fsp3) is 0.533. The van der Waals surface area contributed by atoms with Gasteiger partial charge in [0.15, 0.2) is 5.78 Å². The molecule has 0 aromatic heterocycles. The summed E-state index contributed by atoms with van der Waals surface area (Å²) < 4.78 is 0.920. The monoisotopic (exact) mass is 326 g/mol. The predicted molar refractivity (Wildman–Crippen MR) is 77.0 cm³/mol. The SMILES string of the molecule is O=C(CC1CC2CCC1C2)c1cc(Br)ccc1Cl. The van der Waals surface area contributed by atoms with Crippen molar-refractivity contribution in [2.75, 3.05) is 0 Å². The number of fused-ring (bicyclic) bond motifs is 2. The van der Waals surface area contributed by atoms with Gasteiger partial charge >= 0.3 is 0 Å². The molecule has 2 fully saturated rings. The smallest absolute Gasteiger partial charge is 0.164 e. The molecule has 2 aliphatic carbocycles. The number of halogens is 2. The van der Waals surface area contributed by atoms with Crippen molar-refractivity contribution in [2.45, 2.75) is 32.1 Å². The van der Waals surface area contributed by atoms with Crippen LogP contribution >= 0.6 is 27.5 Å². The Balaban J connectivity index is 1.73. The lowest BCUT2D eigenvalue weighted by Gasteiger charge is -2.20. The second-order valence-electron chi connectivity index (χ2n) is 5.69. The van der Waals surface area contributed by atoms with Crippen LogP contribution in [0, 0.1) is 17.8 Å². The topological polar surface area (TPSA) is 17.1 Å². The van der Waals surface area contributed by atoms with E-state index in [2.05, 4.69) is 15.9 Å². The molecule has 18 heavy (non-hydrogen) atoms. The zero-order valence-corrected chi connectivity index (χ0v) is 12.5. The molecule has 1 aromatic carbocycles. The van der Waals surface area contributed by atoms with Crippen LogP contribution in [0.1, 0.15) is 42.5 Å². The average Bonchev–Trinajstić information content (AvgIpc) is 2.94. The molecule has 0 spiro atoms. The third kappa shape index (κ3) is 2.37. The van der Waals surface area contributed by atoms with E-state index >= 15 is 0 Å². The molecule has 3 heteroatoms. The van der Waals surface area contributed by atoms with E-state index in [1.54, 1.807) is 6.07 Å². The Morgan fingerprint density at radius 3 is 2.83 bits per heavy atom. The number of benzene rings is 1. The van der Waals surface area contributed by atoms with Crippen molar-refractivity contribution in [3.63, 3.8) is 0 Å². The Hall–Kier alpha value is -0.340. The molecule has 0 heterocycles. The van der Waals surface area contributed by atoms with Crippen LogP contribution in [0.5, 0.6) is 0 Å². The number of carbonyl (C=O) groups is 1. The molecule has 3 rings (SSSR count). The van der Waals surface area contributed by atoms with Crippen molar-refractivity contribution < 1.29 is 4.79 Å². The van der Waals surface area contributed by atoms with Crippen LogP contribution in [0.4, 0.5) is 0 Å². The van der Waals surface area contributed by atoms with Crippen LogP contribution in [0.3, 0.4) is 0 Å². The van der Waals surface area contributed by atoms with Gasteiger partial charge in [0.2, 0.25) is 0 Å². The molecule has 0 amide bonds. The molecular formula is C15H16BrClO. The highest BCUT2D eigenvalue weighted by atomic mass is 79.9. The number of rotatable bonds is 3. The summed E-state index contributed by atoms with van der Waals surface area (Å²) in [6.45, 7) is 0. The van der Waals surface area contributed by atoms with Gasteiger partial charge in [-0.1, -0.05) is 34.0 Å². The lowest BCUT2D eigenvalue weighted by molar-refractivity contribution is 0.0944. The fourth-order valence-corrected chi connectivity index (χ4v) is 4.27. The van der Waals surface area contributed by atoms with Crippen LogP contribution in [-0.4, -0.2) is 5.78 Å². The highest BCUT2D eigenvalue weighted by molar-refractivity contribution is 9.10. The van der Waals surface area contributed by atoms with Crippen molar-refractivity contribution in [3.8, 4) is 0 Å². The number of Topliss-reactive ketones (excluding diaryl/α,β-unsaturated/α-hetero) is 1. The molecule has 2 saturated carbocycles. The van der Waals surface area contributed by atoms with Crippen molar-refractivity contribution in [1.82, 2.24) is 0 Å². The first kappa shape index (κ1) is 12.7. The normalized spacial score (nSPS) is 29.8. The van der Waals surface area contributed by atoms with Gasteiger partial charge in [0.1, 0.15) is 0 Å². The van der Waals surface area contributed by atoms with Crippen LogP contribution in [0.2, 0.25) is 5.02 Å². The summed E-state index contributed by atoms with van der Waals surface area (Å²) in [5.41, 5.74) is 0.675. The number of hydrogen-bond donors (Lipinski definition) is 0. The Morgan fingerprint density at radius 1 is 1.33 bits per heavy atom. The highest BCUT2D eigenvalue weighted by Gasteiger charge is 2.40. The van der Waals surface area contributed by atoms with Crippen LogP contribution in [0.25, 0.3) is 0 Å². The zero-order valence-electron chi connectivity index (χ0n) is 10.2. The van der Waals surface area contributed by atoms with Gasteiger partial charge in [0.25, 0.3) is 0 Å². The second-order valence-corrected chi connectivity index (χ2v) is 7.01. The standard InChI is InChI=1S/C15H16BrClO/c16-12-3-4-14(17)13(8-12)15(18)7-11-6-9-1-2-10(11)5-9/h3-4,8-11H,1-2,5-7H2. The van der Waals surface area contributed by atoms with E-state index < -0.39 is 0 Å². The molecule has 0 aliphatic heterocycles. The lowest BCUT2D eigenvalue weighted by Crippen LogP contribution is -2.15. The number of hydrogen-bond acceptors (Lipinski definition) is 1. The van der Waals surface area contributed by atoms with E-state index in [1.165, 1.54) is 25.7 Å². The fourth-order valence-electron chi connectivity index (χ4n) is 3.69. The molecule has 0 saturated heterocycles. The van der Waals surface area contributed by atoms with Gasteiger partial charge in [0, 0.05) is 16.5 Å². The summed E-state index contributed by atoms with van der Waals surface area (Å²) in [6, 6.07) is 5.51. The molecule has 96 valence electrons. The average molecular weight is 328 g/mol. The van der Waals surface area contributed by atoms with Gasteiger partial charge in [-0.05, 0) is 55.2 Å². The maximum atomic E-state index is 12.3. The maximum Gasteiger partial charge on any atom is 0.164 e. The maximum absolute atomic E-state index is 12.3. The second kappa shape index (κ2) is 4.97. The van der Waals surface area contributed by atoms with Crippen molar-refractivity contribution >= 4 is 33.3 Å². The summed E-state index contributed by atoms with van der Waals surface area (Å²) in [5.74, 6) is 2.50. The number of carbonyl (C=O) groups excluding carboxylic acids is 1. The Morgan fingerprint density at radius 2 is 2.17 bits per heavy atom. The van der Waals surface area contributed by atoms with Crippen LogP contribution in [0.15, 0.2) is 22.7 Å². The number of ketones is 1. The quantitative estimate of drug-likeness (QED) is 0.705. The van der Waals surface area contributed by atoms with Crippen molar-refractivity contribution in [1.29, 1.82) is 0 Å². The summed E-state index contributed by atoms with van der Waals surface area (Å²) in [5, 5.41) is 0.575. The van der Waals surface area contributed by atoms with Gasteiger partial charge in [-0.2, -0.15) is 0 Å². The Labute approximate surface area is 121 Å². The van der Waals surface area contributed by atoms with E-state index in [9.17, 15) is 4.79 Å². The summed E-state index contributed by atoms with van der Waals surface area (Å²) in [6.07, 6.45) is 5.99. The summed E-state index contributed by atoms with van der Waals surface area (Å²) >= 11 is 9.51. The predicted octanol–water partition coefficient (Wildman–Crippen LogP) is 5.11. The third-order valence-corrected chi connectivity index (χ3v) is 5.38. The lowest BCUT2D eigenvalue weighted by atomic mass is 9.84. The first-order valence-electron chi connectivity index (χ1n) is 6.61. The van der Waals surface area contributed by atoms with Crippen molar-refractivity contribution in [2.24, 2.45) is 17.8 Å². The Kier molecular flexibility index (Phi) is 3.50. The molecule has 1 aromatic rings. The first-order chi connectivity index (χ1) is 8.63. The highest BCUT2D eigenvalue weighted by Crippen LogP contribution is 2.49. The van der Waals surface area contributed by atoms with Gasteiger partial charge in [-0.15, -0.1) is 0 Å². The third-order valence-electron chi connectivity index (χ3n) is 4.56. The molecular weight excluding hydrogens is 312 g/mol. The molecule has 0 N–H and O–H groups in total. The summed E-state index contributed by atoms with van der Waals surface area (Å²) in [4.78, 5) is 12.3. The van der Waals surface area contributed by atoms with Gasteiger partial charge in [-0.25, -0.2) is 0 Å². The largest absolute Gasteiger partial charge is 0.294 e. The van der Waals surface area contributed by atoms with E-state index in [4.69, 9.17) is 11.6 Å². The molecule has 2 bridgehead atoms. The first-order valence-corrected chi connectivity index (χ1v) is 7.79. The van der Waals surface area contributed by atoms with Gasteiger partial charge in [0.05, 0.1) is 5.02 Å². The molecule has 3 unspecified atom stereocenters. The van der Waals surface area contributed by atoms with Gasteiger partial charge < -0.3 is 0 Å². The molecule has 3 atom stereocenters. The Bertz CT molecular complexity index is 485. The van der Waals surface area contributed by atoms with Crippen LogP contribution < -0.4 is 0 Å². The minimum absolute atomic E-state index is 0.207. The summed E-state index contributed by atoms with van der Waals surface area (Å²) in [7, 11) is 0. The molecule has 1 nitrogen and oxygen atoms in total. The van der Waals surface area contributed by atoms with Crippen LogP contribution in [-0.2, 0) is 0 Å². The molecule has 0 radical (unpaired) electrons. The van der Waals surface area contributed by atoms with Gasteiger partial charge in [-0.3, -0.25) is 4.79 Å².